The largest absolute Gasteiger partial charge is 0.333 e. The van der Waals surface area contributed by atoms with E-state index >= 15 is 0 Å². The molecule has 0 saturated carbocycles. The molecule has 2 aliphatic rings. The first-order chi connectivity index (χ1) is 13.8. The van der Waals surface area contributed by atoms with Crippen LogP contribution in [0.2, 0.25) is 0 Å². The fourth-order valence-corrected chi connectivity index (χ4v) is 5.33. The number of rotatable bonds is 5. The number of fused-ring (bicyclic) bond motifs is 2. The summed E-state index contributed by atoms with van der Waals surface area (Å²) in [6.07, 6.45) is 6.06. The molecule has 0 aliphatic heterocycles. The molecule has 0 saturated heterocycles. The van der Waals surface area contributed by atoms with Crippen molar-refractivity contribution < 1.29 is 13.2 Å². The molecule has 0 fully saturated rings. The first-order valence-corrected chi connectivity index (χ1v) is 11.6. The molecule has 1 radical (unpaired) electrons. The van der Waals surface area contributed by atoms with E-state index in [-0.39, 0.29) is 34.5 Å². The van der Waals surface area contributed by atoms with Gasteiger partial charge in [-0.15, -0.1) is 0 Å². The quantitative estimate of drug-likeness (QED) is 0.707. The van der Waals surface area contributed by atoms with Crippen molar-refractivity contribution in [2.75, 3.05) is 19.4 Å². The van der Waals surface area contributed by atoms with Gasteiger partial charge in [0, 0.05) is 41.8 Å². The van der Waals surface area contributed by atoms with Crippen molar-refractivity contribution in [3.8, 4) is 0 Å². The zero-order valence-corrected chi connectivity index (χ0v) is 20.7. The van der Waals surface area contributed by atoms with Gasteiger partial charge in [-0.3, -0.25) is 0 Å². The van der Waals surface area contributed by atoms with E-state index in [0.717, 1.165) is 56.3 Å². The van der Waals surface area contributed by atoms with Gasteiger partial charge in [-0.05, 0) is 92.6 Å². The topological polar surface area (TPSA) is 78.5 Å². The Balaban J connectivity index is 0.00000256. The zero-order valence-electron chi connectivity index (χ0n) is 17.9. The number of aryl methyl sites for hydroxylation is 2. The van der Waals surface area contributed by atoms with E-state index in [0.29, 0.717) is 0 Å². The SMILES string of the molecule is CN(C)Cc1ccc(S(=O)(=O)NC(=O)Nc2c3c(cc4c2CCC4)CCC3)cc1.[Na]. The van der Waals surface area contributed by atoms with Gasteiger partial charge >= 0.3 is 6.03 Å². The molecule has 0 bridgehead atoms. The number of carbonyl (C=O) groups excluding carboxylic acids is 1. The van der Waals surface area contributed by atoms with Crippen LogP contribution in [0.25, 0.3) is 0 Å². The van der Waals surface area contributed by atoms with Crippen LogP contribution >= 0.6 is 0 Å². The minimum Gasteiger partial charge on any atom is -0.307 e. The summed E-state index contributed by atoms with van der Waals surface area (Å²) in [7, 11) is -0.0246. The number of carbonyl (C=O) groups is 1. The minimum atomic E-state index is -3.93. The third-order valence-corrected chi connectivity index (χ3v) is 7.02. The Morgan fingerprint density at radius 2 is 1.53 bits per heavy atom. The van der Waals surface area contributed by atoms with Gasteiger partial charge in [0.15, 0.2) is 0 Å². The summed E-state index contributed by atoms with van der Waals surface area (Å²) in [4.78, 5) is 14.7. The van der Waals surface area contributed by atoms with E-state index < -0.39 is 16.1 Å². The predicted octanol–water partition coefficient (Wildman–Crippen LogP) is 2.86. The van der Waals surface area contributed by atoms with Crippen LogP contribution in [0.1, 0.15) is 40.7 Å². The van der Waals surface area contributed by atoms with Crippen LogP contribution in [-0.4, -0.2) is 63.0 Å². The van der Waals surface area contributed by atoms with Crippen LogP contribution in [-0.2, 0) is 42.3 Å². The average molecular weight is 437 g/mol. The fourth-order valence-electron chi connectivity index (χ4n) is 4.43. The van der Waals surface area contributed by atoms with Crippen molar-refractivity contribution in [2.45, 2.75) is 50.0 Å². The Bertz CT molecular complexity index is 1020. The van der Waals surface area contributed by atoms with E-state index in [9.17, 15) is 13.2 Å². The van der Waals surface area contributed by atoms with Crippen LogP contribution in [0.5, 0.6) is 0 Å². The third kappa shape index (κ3) is 4.92. The second kappa shape index (κ2) is 9.40. The maximum absolute atomic E-state index is 12.7. The van der Waals surface area contributed by atoms with Crippen LogP contribution < -0.4 is 10.0 Å². The summed E-state index contributed by atoms with van der Waals surface area (Å²) in [5.74, 6) is 0. The number of amides is 2. The number of nitrogens with zero attached hydrogens (tertiary/aromatic N) is 1. The molecule has 0 unspecified atom stereocenters. The molecule has 155 valence electrons. The molecule has 2 aromatic rings. The number of hydrogen-bond acceptors (Lipinski definition) is 4. The van der Waals surface area contributed by atoms with Crippen molar-refractivity contribution in [1.29, 1.82) is 0 Å². The number of benzene rings is 2. The van der Waals surface area contributed by atoms with Crippen molar-refractivity contribution in [2.24, 2.45) is 0 Å². The number of sulfonamides is 1. The molecule has 2 N–H and O–H groups in total. The molecule has 0 aromatic heterocycles. The van der Waals surface area contributed by atoms with Crippen LogP contribution in [0, 0.1) is 0 Å². The molecule has 0 spiro atoms. The van der Waals surface area contributed by atoms with E-state index in [1.165, 1.54) is 34.4 Å². The Morgan fingerprint density at radius 3 is 2.07 bits per heavy atom. The molecule has 2 amide bonds. The van der Waals surface area contributed by atoms with Gasteiger partial charge in [-0.25, -0.2) is 17.9 Å². The molecule has 2 aromatic carbocycles. The molecule has 30 heavy (non-hydrogen) atoms. The smallest absolute Gasteiger partial charge is 0.307 e. The van der Waals surface area contributed by atoms with Gasteiger partial charge in [-0.2, -0.15) is 0 Å². The molecule has 0 heterocycles. The van der Waals surface area contributed by atoms with Gasteiger partial charge in [0.1, 0.15) is 0 Å². The predicted molar refractivity (Wildman–Crippen MR) is 119 cm³/mol. The maximum atomic E-state index is 12.7. The van der Waals surface area contributed by atoms with Crippen LogP contribution in [0.15, 0.2) is 35.2 Å². The van der Waals surface area contributed by atoms with Gasteiger partial charge in [0.2, 0.25) is 0 Å². The Hall–Kier alpha value is -1.38. The molecular weight excluding hydrogens is 409 g/mol. The van der Waals surface area contributed by atoms with E-state index in [1.807, 2.05) is 19.0 Å². The molecule has 2 aliphatic carbocycles. The molecule has 8 heteroatoms. The monoisotopic (exact) mass is 436 g/mol. The molecule has 4 rings (SSSR count). The minimum absolute atomic E-state index is 0. The maximum Gasteiger partial charge on any atom is 0.333 e. The van der Waals surface area contributed by atoms with Crippen molar-refractivity contribution in [1.82, 2.24) is 9.62 Å². The summed E-state index contributed by atoms with van der Waals surface area (Å²) >= 11 is 0. The Labute approximate surface area is 200 Å². The molecule has 6 nitrogen and oxygen atoms in total. The molecule has 0 atom stereocenters. The van der Waals surface area contributed by atoms with E-state index in [1.54, 1.807) is 12.1 Å². The number of urea groups is 1. The average Bonchev–Trinajstić information content (AvgIpc) is 3.30. The summed E-state index contributed by atoms with van der Waals surface area (Å²) in [5.41, 5.74) is 6.77. The summed E-state index contributed by atoms with van der Waals surface area (Å²) < 4.78 is 27.5. The van der Waals surface area contributed by atoms with E-state index in [2.05, 4.69) is 16.1 Å². The number of anilines is 1. The summed E-state index contributed by atoms with van der Waals surface area (Å²) in [6.45, 7) is 0.721. The number of hydrogen-bond donors (Lipinski definition) is 2. The first-order valence-electron chi connectivity index (χ1n) is 10.1. The van der Waals surface area contributed by atoms with Crippen molar-refractivity contribution in [3.63, 3.8) is 0 Å². The van der Waals surface area contributed by atoms with Gasteiger partial charge in [0.05, 0.1) is 4.90 Å². The Kier molecular flexibility index (Phi) is 7.30. The normalized spacial score (nSPS) is 14.8. The van der Waals surface area contributed by atoms with Crippen LogP contribution in [0.4, 0.5) is 10.5 Å². The van der Waals surface area contributed by atoms with Crippen LogP contribution in [0.3, 0.4) is 0 Å². The zero-order chi connectivity index (χ0) is 20.6. The van der Waals surface area contributed by atoms with Gasteiger partial charge in [-0.1, -0.05) is 18.2 Å². The second-order valence-corrected chi connectivity index (χ2v) is 9.86. The molecular formula is C22H27N3NaO3S. The third-order valence-electron chi connectivity index (χ3n) is 5.67. The summed E-state index contributed by atoms with van der Waals surface area (Å²) in [6, 6.07) is 8.18. The number of nitrogens with one attached hydrogen (secondary N) is 2. The van der Waals surface area contributed by atoms with Gasteiger partial charge < -0.3 is 10.2 Å². The van der Waals surface area contributed by atoms with Gasteiger partial charge in [0.25, 0.3) is 10.0 Å². The van der Waals surface area contributed by atoms with E-state index in [4.69, 9.17) is 0 Å². The Morgan fingerprint density at radius 1 is 0.967 bits per heavy atom. The fraction of sp³-hybridized carbons (Fsp3) is 0.409. The second-order valence-electron chi connectivity index (χ2n) is 8.18. The van der Waals surface area contributed by atoms with Crippen molar-refractivity contribution in [3.05, 3.63) is 58.1 Å². The standard InChI is InChI=1S/C22H27N3O3S.Na/c1-25(2)14-15-9-11-18(12-10-15)29(27,28)24-22(26)23-21-19-7-3-5-16(19)13-17-6-4-8-20(17)21;/h9-13H,3-8,14H2,1-2H3,(H2,23,24,26);. The first kappa shape index (κ1) is 23.3. The van der Waals surface area contributed by atoms with Crippen molar-refractivity contribution >= 4 is 51.3 Å². The summed E-state index contributed by atoms with van der Waals surface area (Å²) in [5, 5.41) is 2.87.